The van der Waals surface area contributed by atoms with Crippen LogP contribution in [0.15, 0.2) is 0 Å². The zero-order chi connectivity index (χ0) is 5.98. The largest absolute Gasteiger partial charge is 0.455 e. The van der Waals surface area contributed by atoms with Gasteiger partial charge in [0, 0.05) is 12.8 Å². The first-order valence-corrected chi connectivity index (χ1v) is 2.47. The van der Waals surface area contributed by atoms with E-state index in [9.17, 15) is 9.59 Å². The number of cyclic esters (lactones) is 1. The average molecular weight is 114 g/mol. The van der Waals surface area contributed by atoms with E-state index in [0.29, 0.717) is 19.1 Å². The second-order valence-electron chi connectivity index (χ2n) is 1.70. The summed E-state index contributed by atoms with van der Waals surface area (Å²) in [7, 11) is 0. The van der Waals surface area contributed by atoms with Crippen molar-refractivity contribution in [2.75, 3.05) is 0 Å². The molecule has 0 aromatic heterocycles. The number of aldehydes is 1. The summed E-state index contributed by atoms with van der Waals surface area (Å²) < 4.78 is 4.50. The smallest absolute Gasteiger partial charge is 0.306 e. The zero-order valence-electron chi connectivity index (χ0n) is 4.29. The van der Waals surface area contributed by atoms with Gasteiger partial charge in [0.2, 0.25) is 0 Å². The molecule has 1 rings (SSSR count). The van der Waals surface area contributed by atoms with E-state index in [1.165, 1.54) is 0 Å². The minimum atomic E-state index is -0.456. The summed E-state index contributed by atoms with van der Waals surface area (Å²) in [6.45, 7) is 0. The number of carbonyl (C=O) groups is 2. The summed E-state index contributed by atoms with van der Waals surface area (Å²) in [5.41, 5.74) is 0. The van der Waals surface area contributed by atoms with Gasteiger partial charge in [0.15, 0.2) is 12.4 Å². The van der Waals surface area contributed by atoms with Crippen molar-refractivity contribution in [3.05, 3.63) is 0 Å². The molecule has 1 fully saturated rings. The molecule has 0 aromatic rings. The number of hydrogen-bond donors (Lipinski definition) is 0. The first-order chi connectivity index (χ1) is 3.83. The van der Waals surface area contributed by atoms with Gasteiger partial charge in [0.1, 0.15) is 0 Å². The Morgan fingerprint density at radius 2 is 2.50 bits per heavy atom. The van der Waals surface area contributed by atoms with Gasteiger partial charge in [-0.1, -0.05) is 0 Å². The van der Waals surface area contributed by atoms with Gasteiger partial charge in [-0.3, -0.25) is 9.59 Å². The van der Waals surface area contributed by atoms with Crippen LogP contribution in [0.3, 0.4) is 0 Å². The van der Waals surface area contributed by atoms with Gasteiger partial charge in [-0.05, 0) is 0 Å². The standard InChI is InChI=1S/C5H6O3/c6-3-4-1-2-5(7)8-4/h3-4H,1-2H2/t4-/m1/s1. The lowest BCUT2D eigenvalue weighted by Crippen LogP contribution is -2.06. The highest BCUT2D eigenvalue weighted by molar-refractivity contribution is 5.76. The van der Waals surface area contributed by atoms with Crippen LogP contribution in [0.4, 0.5) is 0 Å². The molecule has 0 spiro atoms. The zero-order valence-corrected chi connectivity index (χ0v) is 4.29. The predicted molar refractivity (Wildman–Crippen MR) is 25.2 cm³/mol. The highest BCUT2D eigenvalue weighted by atomic mass is 16.6. The molecule has 8 heavy (non-hydrogen) atoms. The fourth-order valence-corrected chi connectivity index (χ4v) is 0.643. The molecule has 0 radical (unpaired) electrons. The summed E-state index contributed by atoms with van der Waals surface area (Å²) in [5, 5.41) is 0. The van der Waals surface area contributed by atoms with Crippen molar-refractivity contribution in [3.63, 3.8) is 0 Å². The molecule has 0 saturated carbocycles. The molecule has 1 aliphatic heterocycles. The van der Waals surface area contributed by atoms with Crippen molar-refractivity contribution in [3.8, 4) is 0 Å². The van der Waals surface area contributed by atoms with Crippen LogP contribution in [0.1, 0.15) is 12.8 Å². The monoisotopic (exact) mass is 114 g/mol. The van der Waals surface area contributed by atoms with Gasteiger partial charge in [0.05, 0.1) is 0 Å². The minimum Gasteiger partial charge on any atom is -0.455 e. The Kier molecular flexibility index (Phi) is 1.28. The Morgan fingerprint density at radius 1 is 1.75 bits per heavy atom. The Morgan fingerprint density at radius 3 is 2.75 bits per heavy atom. The van der Waals surface area contributed by atoms with Crippen molar-refractivity contribution in [1.29, 1.82) is 0 Å². The second kappa shape index (κ2) is 1.94. The van der Waals surface area contributed by atoms with Crippen LogP contribution < -0.4 is 0 Å². The van der Waals surface area contributed by atoms with Crippen molar-refractivity contribution < 1.29 is 14.3 Å². The van der Waals surface area contributed by atoms with Gasteiger partial charge in [-0.2, -0.15) is 0 Å². The number of hydrogen-bond acceptors (Lipinski definition) is 3. The Bertz CT molecular complexity index is 119. The Labute approximate surface area is 46.6 Å². The molecule has 1 saturated heterocycles. The molecule has 3 nitrogen and oxygen atoms in total. The van der Waals surface area contributed by atoms with E-state index in [1.807, 2.05) is 0 Å². The van der Waals surface area contributed by atoms with Gasteiger partial charge < -0.3 is 4.74 Å². The van der Waals surface area contributed by atoms with Crippen molar-refractivity contribution >= 4 is 12.3 Å². The maximum absolute atomic E-state index is 10.2. The van der Waals surface area contributed by atoms with Crippen molar-refractivity contribution in [2.24, 2.45) is 0 Å². The molecule has 0 unspecified atom stereocenters. The summed E-state index contributed by atoms with van der Waals surface area (Å²) in [6, 6.07) is 0. The molecule has 0 bridgehead atoms. The normalized spacial score (nSPS) is 27.5. The Balaban J connectivity index is 2.43. The summed E-state index contributed by atoms with van der Waals surface area (Å²) >= 11 is 0. The molecule has 1 heterocycles. The van der Waals surface area contributed by atoms with Crippen LogP contribution in [0.2, 0.25) is 0 Å². The van der Waals surface area contributed by atoms with Crippen LogP contribution in [0.25, 0.3) is 0 Å². The van der Waals surface area contributed by atoms with Crippen molar-refractivity contribution in [1.82, 2.24) is 0 Å². The van der Waals surface area contributed by atoms with Crippen LogP contribution in [0.5, 0.6) is 0 Å². The van der Waals surface area contributed by atoms with Gasteiger partial charge >= 0.3 is 5.97 Å². The molecule has 1 aliphatic rings. The highest BCUT2D eigenvalue weighted by Crippen LogP contribution is 2.10. The maximum atomic E-state index is 10.2. The third kappa shape index (κ3) is 0.857. The van der Waals surface area contributed by atoms with E-state index < -0.39 is 6.10 Å². The molecule has 3 heteroatoms. The SMILES string of the molecule is O=C[C@H]1CCC(=O)O1. The van der Waals surface area contributed by atoms with E-state index in [2.05, 4.69) is 4.74 Å². The van der Waals surface area contributed by atoms with Crippen LogP contribution in [-0.2, 0) is 14.3 Å². The van der Waals surface area contributed by atoms with Crippen LogP contribution >= 0.6 is 0 Å². The molecule has 0 aliphatic carbocycles. The van der Waals surface area contributed by atoms with E-state index in [4.69, 9.17) is 0 Å². The van der Waals surface area contributed by atoms with Crippen LogP contribution in [-0.4, -0.2) is 18.4 Å². The van der Waals surface area contributed by atoms with E-state index >= 15 is 0 Å². The lowest BCUT2D eigenvalue weighted by Gasteiger charge is -1.94. The lowest BCUT2D eigenvalue weighted by atomic mass is 10.3. The molecule has 0 amide bonds. The maximum Gasteiger partial charge on any atom is 0.306 e. The van der Waals surface area contributed by atoms with Gasteiger partial charge in [0.25, 0.3) is 0 Å². The second-order valence-corrected chi connectivity index (χ2v) is 1.70. The number of ether oxygens (including phenoxy) is 1. The van der Waals surface area contributed by atoms with E-state index in [0.717, 1.165) is 0 Å². The molecular formula is C5H6O3. The van der Waals surface area contributed by atoms with Gasteiger partial charge in [-0.15, -0.1) is 0 Å². The number of carbonyl (C=O) groups excluding carboxylic acids is 2. The molecule has 0 N–H and O–H groups in total. The highest BCUT2D eigenvalue weighted by Gasteiger charge is 2.21. The fourth-order valence-electron chi connectivity index (χ4n) is 0.643. The molecular weight excluding hydrogens is 108 g/mol. The fraction of sp³-hybridized carbons (Fsp3) is 0.600. The van der Waals surface area contributed by atoms with E-state index in [-0.39, 0.29) is 5.97 Å². The predicted octanol–water partition coefficient (Wildman–Crippen LogP) is -0.109. The lowest BCUT2D eigenvalue weighted by molar-refractivity contribution is -0.144. The first kappa shape index (κ1) is 5.28. The number of rotatable bonds is 1. The van der Waals surface area contributed by atoms with Crippen molar-refractivity contribution in [2.45, 2.75) is 18.9 Å². The minimum absolute atomic E-state index is 0.262. The topological polar surface area (TPSA) is 43.4 Å². The Hall–Kier alpha value is -0.860. The molecule has 1 atom stereocenters. The van der Waals surface area contributed by atoms with Gasteiger partial charge in [-0.25, -0.2) is 0 Å². The summed E-state index contributed by atoms with van der Waals surface area (Å²) in [4.78, 5) is 20.1. The third-order valence-corrected chi connectivity index (χ3v) is 1.07. The average Bonchev–Trinajstić information content (AvgIpc) is 2.14. The van der Waals surface area contributed by atoms with E-state index in [1.54, 1.807) is 0 Å². The first-order valence-electron chi connectivity index (χ1n) is 2.47. The summed E-state index contributed by atoms with van der Waals surface area (Å²) in [5.74, 6) is -0.262. The number of esters is 1. The molecule has 0 aromatic carbocycles. The summed E-state index contributed by atoms with van der Waals surface area (Å²) in [6.07, 6.45) is 1.15. The van der Waals surface area contributed by atoms with Crippen LogP contribution in [0, 0.1) is 0 Å². The quantitative estimate of drug-likeness (QED) is 0.353. The molecule has 44 valence electrons. The third-order valence-electron chi connectivity index (χ3n) is 1.07.